The second kappa shape index (κ2) is 7.76. The van der Waals surface area contributed by atoms with Crippen LogP contribution < -0.4 is 5.32 Å². The first kappa shape index (κ1) is 13.6. The zero-order valence-corrected chi connectivity index (χ0v) is 11.0. The van der Waals surface area contributed by atoms with Gasteiger partial charge in [-0.2, -0.15) is 0 Å². The summed E-state index contributed by atoms with van der Waals surface area (Å²) >= 11 is 3.31. The average Bonchev–Trinajstić information content (AvgIpc) is 2.26. The quantitative estimate of drug-likeness (QED) is 0.779. The third-order valence-electron chi connectivity index (χ3n) is 2.12. The summed E-state index contributed by atoms with van der Waals surface area (Å²) in [6.45, 7) is 5.18. The number of rotatable bonds is 7. The van der Waals surface area contributed by atoms with Gasteiger partial charge >= 0.3 is 0 Å². The van der Waals surface area contributed by atoms with Crippen molar-refractivity contribution in [1.29, 1.82) is 0 Å². The minimum atomic E-state index is -0.236. The van der Waals surface area contributed by atoms with Crippen LogP contribution in [-0.4, -0.2) is 19.7 Å². The van der Waals surface area contributed by atoms with Gasteiger partial charge < -0.3 is 10.1 Å². The second-order valence-electron chi connectivity index (χ2n) is 3.54. The predicted octanol–water partition coefficient (Wildman–Crippen LogP) is 3.10. The Labute approximate surface area is 104 Å². The molecule has 0 spiro atoms. The predicted molar refractivity (Wildman–Crippen MR) is 66.9 cm³/mol. The van der Waals surface area contributed by atoms with Crippen LogP contribution in [0.25, 0.3) is 0 Å². The van der Waals surface area contributed by atoms with Crippen molar-refractivity contribution < 1.29 is 9.13 Å². The minimum absolute atomic E-state index is 0.236. The van der Waals surface area contributed by atoms with Crippen LogP contribution in [0.15, 0.2) is 22.7 Å². The van der Waals surface area contributed by atoms with Crippen LogP contribution in [-0.2, 0) is 11.3 Å². The molecule has 0 aliphatic carbocycles. The van der Waals surface area contributed by atoms with Gasteiger partial charge in [0, 0.05) is 11.0 Å². The molecule has 1 N–H and O–H groups in total. The molecule has 4 heteroatoms. The van der Waals surface area contributed by atoms with Crippen molar-refractivity contribution in [3.05, 3.63) is 34.1 Å². The van der Waals surface area contributed by atoms with Crippen molar-refractivity contribution in [2.24, 2.45) is 0 Å². The maximum Gasteiger partial charge on any atom is 0.124 e. The smallest absolute Gasteiger partial charge is 0.124 e. The van der Waals surface area contributed by atoms with Gasteiger partial charge in [-0.05, 0) is 30.7 Å². The maximum absolute atomic E-state index is 12.8. The molecule has 0 aliphatic heterocycles. The Morgan fingerprint density at radius 1 is 1.38 bits per heavy atom. The molecular weight excluding hydrogens is 273 g/mol. The van der Waals surface area contributed by atoms with Gasteiger partial charge in [-0.25, -0.2) is 4.39 Å². The molecular formula is C12H17BrFNO. The zero-order chi connectivity index (χ0) is 11.8. The summed E-state index contributed by atoms with van der Waals surface area (Å²) in [5.41, 5.74) is 0.969. The number of hydrogen-bond donors (Lipinski definition) is 1. The summed E-state index contributed by atoms with van der Waals surface area (Å²) < 4.78 is 19.0. The van der Waals surface area contributed by atoms with Crippen LogP contribution in [0.1, 0.15) is 18.9 Å². The van der Waals surface area contributed by atoms with Gasteiger partial charge in [0.05, 0.1) is 13.2 Å². The van der Waals surface area contributed by atoms with Crippen molar-refractivity contribution in [3.8, 4) is 0 Å². The number of benzene rings is 1. The lowest BCUT2D eigenvalue weighted by Gasteiger charge is -2.07. The van der Waals surface area contributed by atoms with E-state index in [9.17, 15) is 4.39 Å². The Kier molecular flexibility index (Phi) is 6.61. The molecule has 0 amide bonds. The number of hydrogen-bond acceptors (Lipinski definition) is 2. The summed E-state index contributed by atoms with van der Waals surface area (Å²) in [6.07, 6.45) is 1.13. The SMILES string of the molecule is CCCNCCOCc1ccc(F)cc1Br. The average molecular weight is 290 g/mol. The van der Waals surface area contributed by atoms with E-state index in [1.54, 1.807) is 6.07 Å². The van der Waals surface area contributed by atoms with E-state index in [1.807, 2.05) is 0 Å². The highest BCUT2D eigenvalue weighted by atomic mass is 79.9. The van der Waals surface area contributed by atoms with Crippen LogP contribution in [0, 0.1) is 5.82 Å². The second-order valence-corrected chi connectivity index (χ2v) is 4.39. The maximum atomic E-state index is 12.8. The van der Waals surface area contributed by atoms with Crippen LogP contribution in [0.5, 0.6) is 0 Å². The summed E-state index contributed by atoms with van der Waals surface area (Å²) in [5.74, 6) is -0.236. The fourth-order valence-corrected chi connectivity index (χ4v) is 1.73. The Morgan fingerprint density at radius 3 is 2.88 bits per heavy atom. The lowest BCUT2D eigenvalue weighted by atomic mass is 10.2. The third-order valence-corrected chi connectivity index (χ3v) is 2.86. The molecule has 0 radical (unpaired) electrons. The molecule has 0 saturated carbocycles. The molecule has 0 aromatic heterocycles. The van der Waals surface area contributed by atoms with Gasteiger partial charge in [-0.1, -0.05) is 28.9 Å². The number of ether oxygens (including phenoxy) is 1. The fraction of sp³-hybridized carbons (Fsp3) is 0.500. The molecule has 1 aromatic rings. The van der Waals surface area contributed by atoms with Crippen molar-refractivity contribution in [1.82, 2.24) is 5.32 Å². The molecule has 16 heavy (non-hydrogen) atoms. The summed E-state index contributed by atoms with van der Waals surface area (Å²) in [4.78, 5) is 0. The molecule has 2 nitrogen and oxygen atoms in total. The van der Waals surface area contributed by atoms with Gasteiger partial charge in [-0.3, -0.25) is 0 Å². The Morgan fingerprint density at radius 2 is 2.19 bits per heavy atom. The Balaban J connectivity index is 2.21. The Hall–Kier alpha value is -0.450. The highest BCUT2D eigenvalue weighted by Crippen LogP contribution is 2.18. The number of nitrogens with one attached hydrogen (secondary N) is 1. The van der Waals surface area contributed by atoms with Gasteiger partial charge in [0.1, 0.15) is 5.82 Å². The van der Waals surface area contributed by atoms with E-state index in [1.165, 1.54) is 12.1 Å². The summed E-state index contributed by atoms with van der Waals surface area (Å²) in [7, 11) is 0. The fourth-order valence-electron chi connectivity index (χ4n) is 1.27. The lowest BCUT2D eigenvalue weighted by Crippen LogP contribution is -2.20. The van der Waals surface area contributed by atoms with E-state index in [0.29, 0.717) is 13.2 Å². The van der Waals surface area contributed by atoms with E-state index in [0.717, 1.165) is 29.5 Å². The van der Waals surface area contributed by atoms with E-state index < -0.39 is 0 Å². The first-order valence-electron chi connectivity index (χ1n) is 5.46. The topological polar surface area (TPSA) is 21.3 Å². The molecule has 0 saturated heterocycles. The highest BCUT2D eigenvalue weighted by Gasteiger charge is 2.01. The molecule has 1 rings (SSSR count). The zero-order valence-electron chi connectivity index (χ0n) is 9.43. The Bertz CT molecular complexity index is 320. The lowest BCUT2D eigenvalue weighted by molar-refractivity contribution is 0.122. The van der Waals surface area contributed by atoms with Crippen molar-refractivity contribution >= 4 is 15.9 Å². The molecule has 0 bridgehead atoms. The van der Waals surface area contributed by atoms with E-state index in [-0.39, 0.29) is 5.82 Å². The molecule has 1 aromatic carbocycles. The van der Waals surface area contributed by atoms with Crippen LogP contribution in [0.2, 0.25) is 0 Å². The molecule has 0 atom stereocenters. The van der Waals surface area contributed by atoms with Gasteiger partial charge in [0.15, 0.2) is 0 Å². The van der Waals surface area contributed by atoms with E-state index in [4.69, 9.17) is 4.74 Å². The largest absolute Gasteiger partial charge is 0.375 e. The number of halogens is 2. The molecule has 0 aliphatic rings. The van der Waals surface area contributed by atoms with Crippen LogP contribution in [0.3, 0.4) is 0 Å². The van der Waals surface area contributed by atoms with Crippen molar-refractivity contribution in [2.45, 2.75) is 20.0 Å². The van der Waals surface area contributed by atoms with Gasteiger partial charge in [-0.15, -0.1) is 0 Å². The van der Waals surface area contributed by atoms with Crippen LogP contribution in [0.4, 0.5) is 4.39 Å². The third kappa shape index (κ3) is 5.05. The first-order valence-corrected chi connectivity index (χ1v) is 6.25. The molecule has 0 unspecified atom stereocenters. The highest BCUT2D eigenvalue weighted by molar-refractivity contribution is 9.10. The molecule has 0 fully saturated rings. The van der Waals surface area contributed by atoms with Gasteiger partial charge in [0.2, 0.25) is 0 Å². The molecule has 90 valence electrons. The standard InChI is InChI=1S/C12H17BrFNO/c1-2-5-15-6-7-16-9-10-3-4-11(14)8-12(10)13/h3-4,8,15H,2,5-7,9H2,1H3. The van der Waals surface area contributed by atoms with Crippen LogP contribution >= 0.6 is 15.9 Å². The van der Waals surface area contributed by atoms with E-state index in [2.05, 4.69) is 28.2 Å². The van der Waals surface area contributed by atoms with Crippen molar-refractivity contribution in [3.63, 3.8) is 0 Å². The van der Waals surface area contributed by atoms with Crippen molar-refractivity contribution in [2.75, 3.05) is 19.7 Å². The monoisotopic (exact) mass is 289 g/mol. The van der Waals surface area contributed by atoms with E-state index >= 15 is 0 Å². The normalized spacial score (nSPS) is 10.7. The minimum Gasteiger partial charge on any atom is -0.375 e. The summed E-state index contributed by atoms with van der Waals surface area (Å²) in [5, 5.41) is 3.25. The summed E-state index contributed by atoms with van der Waals surface area (Å²) in [6, 6.07) is 4.63. The van der Waals surface area contributed by atoms with Gasteiger partial charge in [0.25, 0.3) is 0 Å². The molecule has 0 heterocycles. The first-order chi connectivity index (χ1) is 7.74.